The predicted octanol–water partition coefficient (Wildman–Crippen LogP) is 5.07. The fourth-order valence-electron chi connectivity index (χ4n) is 5.18. The number of esters is 1. The molecule has 3 aliphatic rings. The molecule has 7 nitrogen and oxygen atoms in total. The minimum absolute atomic E-state index is 0.0306. The van der Waals surface area contributed by atoms with Crippen molar-refractivity contribution in [1.82, 2.24) is 14.1 Å². The van der Waals surface area contributed by atoms with E-state index in [9.17, 15) is 22.0 Å². The predicted molar refractivity (Wildman–Crippen MR) is 136 cm³/mol. The Kier molecular flexibility index (Phi) is 6.59. The number of alkyl halides is 1. The number of methoxy groups -OCH3 is 1. The summed E-state index contributed by atoms with van der Waals surface area (Å²) in [6.07, 6.45) is 4.74. The van der Waals surface area contributed by atoms with Gasteiger partial charge in [0, 0.05) is 19.0 Å². The van der Waals surface area contributed by atoms with E-state index in [1.807, 2.05) is 0 Å². The van der Waals surface area contributed by atoms with Gasteiger partial charge in [0.25, 0.3) is 0 Å². The zero-order valence-electron chi connectivity index (χ0n) is 19.9. The highest BCUT2D eigenvalue weighted by atomic mass is 35.5. The van der Waals surface area contributed by atoms with Crippen LogP contribution in [0.25, 0.3) is 11.8 Å². The number of nitrogens with zero attached hydrogens (tertiary/aromatic N) is 3. The van der Waals surface area contributed by atoms with Gasteiger partial charge in [-0.05, 0) is 54.3 Å². The second-order valence-corrected chi connectivity index (χ2v) is 12.2. The monoisotopic (exact) mass is 569 g/mol. The second kappa shape index (κ2) is 9.34. The molecular formula is C25H23Cl2F2N3O4S. The summed E-state index contributed by atoms with van der Waals surface area (Å²) in [7, 11) is -2.74. The zero-order chi connectivity index (χ0) is 26.7. The van der Waals surface area contributed by atoms with Crippen LogP contribution < -0.4 is 0 Å². The molecule has 1 saturated heterocycles. The van der Waals surface area contributed by atoms with E-state index in [0.717, 1.165) is 6.08 Å². The third-order valence-corrected chi connectivity index (χ3v) is 9.76. The van der Waals surface area contributed by atoms with Crippen LogP contribution in [-0.4, -0.2) is 54.8 Å². The molecule has 2 heterocycles. The molecule has 0 bridgehead atoms. The molecular weight excluding hydrogens is 547 g/mol. The SMILES string of the molecule is COC(=O)[C@]12Cc3cnn(C4=CC(C)C(F)C(F)=C4)c3C=C1CCN(S(=O)(=O)c1ccc(Cl)c(Cl)c1)C2. The number of carbonyl (C=O) groups excluding carboxylic acids is 1. The van der Waals surface area contributed by atoms with Crippen LogP contribution in [0.3, 0.4) is 0 Å². The number of hydrogen-bond donors (Lipinski definition) is 0. The quantitative estimate of drug-likeness (QED) is 0.480. The van der Waals surface area contributed by atoms with Crippen molar-refractivity contribution in [1.29, 1.82) is 0 Å². The lowest BCUT2D eigenvalue weighted by molar-refractivity contribution is -0.151. The van der Waals surface area contributed by atoms with E-state index in [-0.39, 0.29) is 40.9 Å². The minimum Gasteiger partial charge on any atom is -0.468 e. The molecule has 0 N–H and O–H groups in total. The summed E-state index contributed by atoms with van der Waals surface area (Å²) in [6.45, 7) is 1.56. The molecule has 1 aromatic carbocycles. The Labute approximate surface area is 223 Å². The molecule has 0 saturated carbocycles. The van der Waals surface area contributed by atoms with Gasteiger partial charge in [-0.25, -0.2) is 21.9 Å². The molecule has 196 valence electrons. The lowest BCUT2D eigenvalue weighted by atomic mass is 9.69. The first-order valence-corrected chi connectivity index (χ1v) is 13.7. The van der Waals surface area contributed by atoms with Gasteiger partial charge in [-0.2, -0.15) is 9.40 Å². The van der Waals surface area contributed by atoms with Gasteiger partial charge in [0.2, 0.25) is 10.0 Å². The summed E-state index contributed by atoms with van der Waals surface area (Å²) in [4.78, 5) is 13.2. The maximum absolute atomic E-state index is 14.2. The van der Waals surface area contributed by atoms with Gasteiger partial charge in [0.05, 0.1) is 39.6 Å². The third kappa shape index (κ3) is 4.24. The molecule has 2 aliphatic carbocycles. The molecule has 3 atom stereocenters. The number of rotatable bonds is 4. The standard InChI is InChI=1S/C25H23Cl2F2N3O4S/c1-14-7-17(9-21(28)23(14)29)32-22-8-16-5-6-31(37(34,35)18-3-4-19(26)20(27)10-18)13-25(16,24(33)36-2)11-15(22)12-30-32/h3-4,7-10,12,14,23H,5-6,11,13H2,1-2H3/t14?,23?,25-/m0/s1. The molecule has 5 rings (SSSR count). The van der Waals surface area contributed by atoms with Crippen LogP contribution >= 0.6 is 23.2 Å². The van der Waals surface area contributed by atoms with Crippen molar-refractivity contribution in [2.75, 3.05) is 20.2 Å². The topological polar surface area (TPSA) is 81.5 Å². The number of piperidine rings is 1. The second-order valence-electron chi connectivity index (χ2n) is 9.43. The Morgan fingerprint density at radius 1 is 1.24 bits per heavy atom. The van der Waals surface area contributed by atoms with Gasteiger partial charge in [0.15, 0.2) is 6.17 Å². The lowest BCUT2D eigenvalue weighted by Gasteiger charge is -2.43. The summed E-state index contributed by atoms with van der Waals surface area (Å²) in [6, 6.07) is 4.06. The molecule has 1 aromatic heterocycles. The van der Waals surface area contributed by atoms with Crippen molar-refractivity contribution < 1.29 is 26.7 Å². The first kappa shape index (κ1) is 26.1. The van der Waals surface area contributed by atoms with Crippen LogP contribution in [0.2, 0.25) is 10.0 Å². The maximum atomic E-state index is 14.2. The van der Waals surface area contributed by atoms with Crippen LogP contribution in [0.15, 0.2) is 52.8 Å². The molecule has 2 unspecified atom stereocenters. The molecule has 0 spiro atoms. The third-order valence-electron chi connectivity index (χ3n) is 7.17. The number of carbonyl (C=O) groups is 1. The smallest absolute Gasteiger partial charge is 0.317 e. The average Bonchev–Trinajstić information content (AvgIpc) is 3.28. The summed E-state index contributed by atoms with van der Waals surface area (Å²) in [5.74, 6) is -2.11. The van der Waals surface area contributed by atoms with Crippen molar-refractivity contribution in [3.8, 4) is 0 Å². The van der Waals surface area contributed by atoms with E-state index in [1.165, 1.54) is 34.3 Å². The van der Waals surface area contributed by atoms with E-state index in [1.54, 1.807) is 25.3 Å². The van der Waals surface area contributed by atoms with E-state index in [2.05, 4.69) is 5.10 Å². The molecule has 2 aromatic rings. The van der Waals surface area contributed by atoms with Gasteiger partial charge in [-0.3, -0.25) is 4.79 Å². The van der Waals surface area contributed by atoms with Crippen molar-refractivity contribution in [2.24, 2.45) is 11.3 Å². The first-order chi connectivity index (χ1) is 17.5. The highest BCUT2D eigenvalue weighted by Gasteiger charge is 2.52. The van der Waals surface area contributed by atoms with E-state index >= 15 is 0 Å². The summed E-state index contributed by atoms with van der Waals surface area (Å²) in [5, 5.41) is 4.72. The fraction of sp³-hybridized carbons (Fsp3) is 0.360. The number of aromatic nitrogens is 2. The molecule has 0 radical (unpaired) electrons. The van der Waals surface area contributed by atoms with Crippen LogP contribution in [0, 0.1) is 11.3 Å². The average molecular weight is 570 g/mol. The van der Waals surface area contributed by atoms with E-state index < -0.39 is 39.3 Å². The number of benzene rings is 1. The van der Waals surface area contributed by atoms with Crippen LogP contribution in [-0.2, 0) is 26.0 Å². The molecule has 0 amide bonds. The Morgan fingerprint density at radius 3 is 2.68 bits per heavy atom. The number of ether oxygens (including phenoxy) is 1. The molecule has 1 aliphatic heterocycles. The van der Waals surface area contributed by atoms with E-state index in [4.69, 9.17) is 27.9 Å². The van der Waals surface area contributed by atoms with Gasteiger partial charge in [-0.1, -0.05) is 36.2 Å². The highest BCUT2D eigenvalue weighted by molar-refractivity contribution is 7.89. The Bertz CT molecular complexity index is 1500. The van der Waals surface area contributed by atoms with Crippen LogP contribution in [0.5, 0.6) is 0 Å². The van der Waals surface area contributed by atoms with Crippen molar-refractivity contribution in [3.05, 3.63) is 69.3 Å². The number of allylic oxidation sites excluding steroid dienone is 4. The Balaban J connectivity index is 1.54. The summed E-state index contributed by atoms with van der Waals surface area (Å²) in [5.41, 5.74) is 1.10. The van der Waals surface area contributed by atoms with Gasteiger partial charge >= 0.3 is 5.97 Å². The van der Waals surface area contributed by atoms with Crippen molar-refractivity contribution in [3.63, 3.8) is 0 Å². The zero-order valence-corrected chi connectivity index (χ0v) is 22.2. The minimum atomic E-state index is -4.00. The normalized spacial score (nSPS) is 25.9. The highest BCUT2D eigenvalue weighted by Crippen LogP contribution is 2.46. The van der Waals surface area contributed by atoms with Crippen LogP contribution in [0.4, 0.5) is 8.78 Å². The number of halogens is 4. The number of sulfonamides is 1. The summed E-state index contributed by atoms with van der Waals surface area (Å²) >= 11 is 12.0. The van der Waals surface area contributed by atoms with Crippen LogP contribution in [0.1, 0.15) is 24.6 Å². The Hall–Kier alpha value is -2.53. The lowest BCUT2D eigenvalue weighted by Crippen LogP contribution is -2.53. The first-order valence-electron chi connectivity index (χ1n) is 11.5. The summed E-state index contributed by atoms with van der Waals surface area (Å²) < 4.78 is 63.0. The Morgan fingerprint density at radius 2 is 2.00 bits per heavy atom. The van der Waals surface area contributed by atoms with Gasteiger partial charge in [-0.15, -0.1) is 0 Å². The maximum Gasteiger partial charge on any atom is 0.317 e. The largest absolute Gasteiger partial charge is 0.468 e. The molecule has 37 heavy (non-hydrogen) atoms. The van der Waals surface area contributed by atoms with Crippen molar-refractivity contribution >= 4 is 51.0 Å². The van der Waals surface area contributed by atoms with Gasteiger partial charge in [0.1, 0.15) is 11.2 Å². The fourth-order valence-corrected chi connectivity index (χ4v) is 7.07. The van der Waals surface area contributed by atoms with Gasteiger partial charge < -0.3 is 4.74 Å². The van der Waals surface area contributed by atoms with E-state index in [0.29, 0.717) is 22.5 Å². The number of fused-ring (bicyclic) bond motifs is 2. The molecule has 1 fully saturated rings. The molecule has 12 heteroatoms. The number of hydrogen-bond acceptors (Lipinski definition) is 5. The van der Waals surface area contributed by atoms with Crippen molar-refractivity contribution in [2.45, 2.75) is 30.8 Å².